The molecule has 0 aliphatic carbocycles. The third-order valence-corrected chi connectivity index (χ3v) is 4.56. The van der Waals surface area contributed by atoms with Crippen molar-refractivity contribution < 1.29 is 4.79 Å². The van der Waals surface area contributed by atoms with E-state index in [2.05, 4.69) is 10.3 Å². The Bertz CT molecular complexity index is 1070. The van der Waals surface area contributed by atoms with Gasteiger partial charge in [-0.25, -0.2) is 4.98 Å². The molecule has 0 aliphatic heterocycles. The number of benzene rings is 2. The molecule has 25 heavy (non-hydrogen) atoms. The second-order valence-corrected chi connectivity index (χ2v) is 6.32. The van der Waals surface area contributed by atoms with Gasteiger partial charge in [-0.1, -0.05) is 18.2 Å². The van der Waals surface area contributed by atoms with Crippen LogP contribution in [0.15, 0.2) is 66.3 Å². The molecular weight excluding hydrogens is 332 g/mol. The lowest BCUT2D eigenvalue weighted by Crippen LogP contribution is -2.11. The third kappa shape index (κ3) is 3.01. The van der Waals surface area contributed by atoms with Crippen LogP contribution in [0.4, 0.5) is 5.69 Å². The van der Waals surface area contributed by atoms with E-state index in [1.165, 1.54) is 0 Å². The van der Waals surface area contributed by atoms with Gasteiger partial charge in [0.15, 0.2) is 4.96 Å². The van der Waals surface area contributed by atoms with Gasteiger partial charge >= 0.3 is 0 Å². The zero-order valence-corrected chi connectivity index (χ0v) is 13.8. The van der Waals surface area contributed by atoms with E-state index in [-0.39, 0.29) is 5.91 Å². The van der Waals surface area contributed by atoms with Crippen LogP contribution in [0.3, 0.4) is 0 Å². The molecule has 0 radical (unpaired) electrons. The highest BCUT2D eigenvalue weighted by atomic mass is 32.1. The van der Waals surface area contributed by atoms with Crippen molar-refractivity contribution in [3.8, 4) is 17.3 Å². The maximum atomic E-state index is 12.3. The highest BCUT2D eigenvalue weighted by molar-refractivity contribution is 7.15. The van der Waals surface area contributed by atoms with Crippen molar-refractivity contribution in [3.05, 3.63) is 77.4 Å². The largest absolute Gasteiger partial charge is 0.322 e. The molecule has 6 heteroatoms. The number of amides is 1. The first kappa shape index (κ1) is 15.1. The molecule has 4 rings (SSSR count). The summed E-state index contributed by atoms with van der Waals surface area (Å²) >= 11 is 1.59. The Labute approximate surface area is 147 Å². The van der Waals surface area contributed by atoms with Crippen molar-refractivity contribution in [2.24, 2.45) is 0 Å². The molecule has 0 atom stereocenters. The van der Waals surface area contributed by atoms with Crippen LogP contribution < -0.4 is 5.32 Å². The molecule has 5 nitrogen and oxygen atoms in total. The quantitative estimate of drug-likeness (QED) is 0.606. The molecule has 1 amide bonds. The Kier molecular flexibility index (Phi) is 3.77. The summed E-state index contributed by atoms with van der Waals surface area (Å²) < 4.78 is 1.98. The maximum absolute atomic E-state index is 12.3. The van der Waals surface area contributed by atoms with Gasteiger partial charge < -0.3 is 5.32 Å². The van der Waals surface area contributed by atoms with Gasteiger partial charge in [0.1, 0.15) is 0 Å². The summed E-state index contributed by atoms with van der Waals surface area (Å²) in [6.07, 6.45) is 3.95. The fourth-order valence-electron chi connectivity index (χ4n) is 2.52. The number of fused-ring (bicyclic) bond motifs is 1. The molecule has 2 aromatic carbocycles. The van der Waals surface area contributed by atoms with Crippen LogP contribution in [0, 0.1) is 11.3 Å². The first-order chi connectivity index (χ1) is 12.2. The first-order valence-electron chi connectivity index (χ1n) is 7.57. The summed E-state index contributed by atoms with van der Waals surface area (Å²) in [5.74, 6) is -0.243. The summed E-state index contributed by atoms with van der Waals surface area (Å²) in [5.41, 5.74) is 3.49. The maximum Gasteiger partial charge on any atom is 0.255 e. The molecule has 0 fully saturated rings. The van der Waals surface area contributed by atoms with Crippen LogP contribution in [0.25, 0.3) is 16.2 Å². The van der Waals surface area contributed by atoms with Gasteiger partial charge in [-0.2, -0.15) is 5.26 Å². The van der Waals surface area contributed by atoms with Crippen LogP contribution >= 0.6 is 11.3 Å². The van der Waals surface area contributed by atoms with Crippen molar-refractivity contribution >= 4 is 27.9 Å². The molecule has 0 spiro atoms. The molecule has 0 bridgehead atoms. The van der Waals surface area contributed by atoms with Gasteiger partial charge in [-0.15, -0.1) is 11.3 Å². The molecule has 2 heterocycles. The molecule has 0 saturated heterocycles. The van der Waals surface area contributed by atoms with E-state index in [1.54, 1.807) is 35.6 Å². The van der Waals surface area contributed by atoms with Crippen LogP contribution in [-0.2, 0) is 0 Å². The van der Waals surface area contributed by atoms with Crippen LogP contribution in [0.1, 0.15) is 15.9 Å². The number of rotatable bonds is 3. The van der Waals surface area contributed by atoms with Gasteiger partial charge in [0, 0.05) is 34.6 Å². The Balaban J connectivity index is 1.53. The molecule has 4 aromatic rings. The molecular formula is C19H12N4OS. The minimum absolute atomic E-state index is 0.243. The lowest BCUT2D eigenvalue weighted by molar-refractivity contribution is 0.102. The molecule has 1 N–H and O–H groups in total. The topological polar surface area (TPSA) is 70.2 Å². The van der Waals surface area contributed by atoms with Crippen LogP contribution in [0.2, 0.25) is 0 Å². The van der Waals surface area contributed by atoms with Gasteiger partial charge in [-0.3, -0.25) is 9.20 Å². The van der Waals surface area contributed by atoms with Gasteiger partial charge in [0.2, 0.25) is 0 Å². The smallest absolute Gasteiger partial charge is 0.255 e. The SMILES string of the molecule is N#Cc1cccc(C(=O)Nc2ccc(-c3cn4ccsc4n3)cc2)c1. The summed E-state index contributed by atoms with van der Waals surface area (Å²) in [7, 11) is 0. The van der Waals surface area contributed by atoms with Gasteiger partial charge in [0.25, 0.3) is 5.91 Å². The number of carbonyl (C=O) groups excluding carboxylic acids is 1. The highest BCUT2D eigenvalue weighted by Gasteiger charge is 2.08. The molecule has 120 valence electrons. The number of nitrogens with zero attached hydrogens (tertiary/aromatic N) is 3. The van der Waals surface area contributed by atoms with Crippen LogP contribution in [-0.4, -0.2) is 15.3 Å². The van der Waals surface area contributed by atoms with Crippen molar-refractivity contribution in [1.29, 1.82) is 5.26 Å². The monoisotopic (exact) mass is 344 g/mol. The Morgan fingerprint density at radius 2 is 2.04 bits per heavy atom. The lowest BCUT2D eigenvalue weighted by atomic mass is 10.1. The zero-order chi connectivity index (χ0) is 17.2. The van der Waals surface area contributed by atoms with Crippen LogP contribution in [0.5, 0.6) is 0 Å². The summed E-state index contributed by atoms with van der Waals surface area (Å²) in [4.78, 5) is 17.8. The minimum atomic E-state index is -0.243. The molecule has 0 unspecified atom stereocenters. The Morgan fingerprint density at radius 3 is 2.80 bits per heavy atom. The second-order valence-electron chi connectivity index (χ2n) is 5.44. The van der Waals surface area contributed by atoms with E-state index in [0.717, 1.165) is 16.2 Å². The third-order valence-electron chi connectivity index (χ3n) is 3.79. The fraction of sp³-hybridized carbons (Fsp3) is 0. The number of nitrogens with one attached hydrogen (secondary N) is 1. The van der Waals surface area contributed by atoms with Gasteiger partial charge in [0.05, 0.1) is 17.3 Å². The van der Waals surface area contributed by atoms with Crippen molar-refractivity contribution in [1.82, 2.24) is 9.38 Å². The van der Waals surface area contributed by atoms with Crippen molar-refractivity contribution in [2.75, 3.05) is 5.32 Å². The van der Waals surface area contributed by atoms with E-state index in [1.807, 2.05) is 52.5 Å². The Hall–Kier alpha value is -3.43. The number of thiazole rings is 1. The van der Waals surface area contributed by atoms with E-state index in [9.17, 15) is 4.79 Å². The number of nitriles is 1. The van der Waals surface area contributed by atoms with Crippen molar-refractivity contribution in [3.63, 3.8) is 0 Å². The summed E-state index contributed by atoms with van der Waals surface area (Å²) in [6.45, 7) is 0. The number of aromatic nitrogens is 2. The zero-order valence-electron chi connectivity index (χ0n) is 13.0. The molecule has 2 aromatic heterocycles. The molecule has 0 aliphatic rings. The van der Waals surface area contributed by atoms with Gasteiger partial charge in [-0.05, 0) is 30.3 Å². The minimum Gasteiger partial charge on any atom is -0.322 e. The second kappa shape index (κ2) is 6.23. The van der Waals surface area contributed by atoms with E-state index in [4.69, 9.17) is 5.26 Å². The summed E-state index contributed by atoms with van der Waals surface area (Å²) in [5, 5.41) is 13.8. The number of hydrogen-bond donors (Lipinski definition) is 1. The van der Waals surface area contributed by atoms with E-state index < -0.39 is 0 Å². The van der Waals surface area contributed by atoms with Crippen molar-refractivity contribution in [2.45, 2.75) is 0 Å². The number of carbonyl (C=O) groups is 1. The van der Waals surface area contributed by atoms with E-state index >= 15 is 0 Å². The number of hydrogen-bond acceptors (Lipinski definition) is 4. The average Bonchev–Trinajstić information content (AvgIpc) is 3.24. The molecule has 0 saturated carbocycles. The highest BCUT2D eigenvalue weighted by Crippen LogP contribution is 2.23. The fourth-order valence-corrected chi connectivity index (χ4v) is 3.22. The predicted octanol–water partition coefficient (Wildman–Crippen LogP) is 4.19. The summed E-state index contributed by atoms with van der Waals surface area (Å²) in [6, 6.07) is 16.2. The first-order valence-corrected chi connectivity index (χ1v) is 8.45. The Morgan fingerprint density at radius 1 is 1.20 bits per heavy atom. The lowest BCUT2D eigenvalue weighted by Gasteiger charge is -2.06. The average molecular weight is 344 g/mol. The number of imidazole rings is 1. The number of anilines is 1. The van der Waals surface area contributed by atoms with E-state index in [0.29, 0.717) is 16.8 Å². The predicted molar refractivity (Wildman–Crippen MR) is 97.6 cm³/mol. The normalized spacial score (nSPS) is 10.5. The standard InChI is InChI=1S/C19H12N4OS/c20-11-13-2-1-3-15(10-13)18(24)21-16-6-4-14(5-7-16)17-12-23-8-9-25-19(23)22-17/h1-10,12H,(H,21,24).